The summed E-state index contributed by atoms with van der Waals surface area (Å²) >= 11 is 0. The van der Waals surface area contributed by atoms with E-state index in [1.54, 1.807) is 0 Å². The van der Waals surface area contributed by atoms with E-state index in [1.165, 1.54) is 5.56 Å². The van der Waals surface area contributed by atoms with Crippen LogP contribution in [0, 0.1) is 0 Å². The number of carbonyl (C=O) groups excluding carboxylic acids is 1. The maximum Gasteiger partial charge on any atom is 0.316 e. The van der Waals surface area contributed by atoms with E-state index in [1.807, 2.05) is 48.5 Å². The molecule has 0 spiro atoms. The van der Waals surface area contributed by atoms with E-state index < -0.39 is 6.03 Å². The van der Waals surface area contributed by atoms with Crippen molar-refractivity contribution in [2.45, 2.75) is 12.8 Å². The van der Waals surface area contributed by atoms with Crippen LogP contribution in [0.25, 0.3) is 11.0 Å². The molecule has 4 heteroatoms. The summed E-state index contributed by atoms with van der Waals surface area (Å²) in [6, 6.07) is 17.2. The van der Waals surface area contributed by atoms with Gasteiger partial charge in [0.05, 0.1) is 0 Å². The molecule has 0 aliphatic carbocycles. The Morgan fingerprint density at radius 2 is 1.81 bits per heavy atom. The Kier molecular flexibility index (Phi) is 3.60. The normalized spacial score (nSPS) is 10.7. The van der Waals surface area contributed by atoms with Gasteiger partial charge in [-0.05, 0) is 36.2 Å². The lowest BCUT2D eigenvalue weighted by Crippen LogP contribution is -2.19. The number of rotatable bonds is 4. The first-order valence-electron chi connectivity index (χ1n) is 6.83. The standard InChI is InChI=1S/C17H16N2O2/c18-17(20)19-14-8-5-12(6-9-14)7-10-15-11-13-3-1-2-4-16(13)21-15/h1-6,8-9,11H,7,10H2,(H3,18,19,20). The number of benzene rings is 2. The molecular weight excluding hydrogens is 264 g/mol. The average molecular weight is 280 g/mol. The van der Waals surface area contributed by atoms with Crippen LogP contribution in [-0.4, -0.2) is 6.03 Å². The lowest BCUT2D eigenvalue weighted by atomic mass is 10.1. The van der Waals surface area contributed by atoms with Crippen LogP contribution in [0.2, 0.25) is 0 Å². The Balaban J connectivity index is 1.65. The van der Waals surface area contributed by atoms with Crippen molar-refractivity contribution in [2.75, 3.05) is 5.32 Å². The van der Waals surface area contributed by atoms with E-state index >= 15 is 0 Å². The lowest BCUT2D eigenvalue weighted by Gasteiger charge is -2.03. The van der Waals surface area contributed by atoms with E-state index in [0.29, 0.717) is 5.69 Å². The molecule has 0 aliphatic heterocycles. The van der Waals surface area contributed by atoms with Gasteiger partial charge in [0.1, 0.15) is 11.3 Å². The Bertz CT molecular complexity index is 727. The molecule has 1 aromatic heterocycles. The van der Waals surface area contributed by atoms with Crippen molar-refractivity contribution in [3.05, 3.63) is 65.9 Å². The average Bonchev–Trinajstić information content (AvgIpc) is 2.89. The zero-order valence-corrected chi connectivity index (χ0v) is 11.5. The predicted molar refractivity (Wildman–Crippen MR) is 83.3 cm³/mol. The Labute approximate surface area is 122 Å². The molecule has 3 aromatic rings. The third-order valence-corrected chi connectivity index (χ3v) is 3.36. The first-order valence-corrected chi connectivity index (χ1v) is 6.83. The molecule has 2 amide bonds. The second-order valence-corrected chi connectivity index (χ2v) is 4.94. The highest BCUT2D eigenvalue weighted by molar-refractivity contribution is 5.87. The summed E-state index contributed by atoms with van der Waals surface area (Å²) in [5.41, 5.74) is 7.89. The largest absolute Gasteiger partial charge is 0.461 e. The molecule has 0 saturated carbocycles. The smallest absolute Gasteiger partial charge is 0.316 e. The van der Waals surface area contributed by atoms with Crippen LogP contribution in [0.5, 0.6) is 0 Å². The third-order valence-electron chi connectivity index (χ3n) is 3.36. The predicted octanol–water partition coefficient (Wildman–Crippen LogP) is 3.71. The molecule has 0 aliphatic rings. The number of amides is 2. The van der Waals surface area contributed by atoms with Crippen molar-refractivity contribution in [1.82, 2.24) is 0 Å². The maximum atomic E-state index is 10.7. The number of para-hydroxylation sites is 1. The molecule has 0 unspecified atom stereocenters. The lowest BCUT2D eigenvalue weighted by molar-refractivity contribution is 0.259. The zero-order chi connectivity index (χ0) is 14.7. The van der Waals surface area contributed by atoms with Crippen molar-refractivity contribution in [3.8, 4) is 0 Å². The minimum atomic E-state index is -0.551. The van der Waals surface area contributed by atoms with Gasteiger partial charge in [-0.1, -0.05) is 30.3 Å². The Morgan fingerprint density at radius 3 is 2.52 bits per heavy atom. The van der Waals surface area contributed by atoms with Crippen LogP contribution >= 0.6 is 0 Å². The van der Waals surface area contributed by atoms with Crippen LogP contribution in [0.4, 0.5) is 10.5 Å². The van der Waals surface area contributed by atoms with E-state index in [0.717, 1.165) is 29.6 Å². The van der Waals surface area contributed by atoms with Gasteiger partial charge in [-0.25, -0.2) is 4.79 Å². The van der Waals surface area contributed by atoms with Gasteiger partial charge < -0.3 is 15.5 Å². The number of carbonyl (C=O) groups is 1. The number of hydrogen-bond acceptors (Lipinski definition) is 2. The van der Waals surface area contributed by atoms with Crippen LogP contribution in [0.3, 0.4) is 0 Å². The molecule has 0 saturated heterocycles. The maximum absolute atomic E-state index is 10.7. The second kappa shape index (κ2) is 5.71. The third kappa shape index (κ3) is 3.23. The molecule has 0 radical (unpaired) electrons. The number of aryl methyl sites for hydroxylation is 2. The number of primary amides is 1. The van der Waals surface area contributed by atoms with Crippen molar-refractivity contribution in [3.63, 3.8) is 0 Å². The Hall–Kier alpha value is -2.75. The molecule has 0 bridgehead atoms. The van der Waals surface area contributed by atoms with Gasteiger partial charge in [0, 0.05) is 17.5 Å². The van der Waals surface area contributed by atoms with E-state index in [9.17, 15) is 4.79 Å². The van der Waals surface area contributed by atoms with Gasteiger partial charge in [-0.2, -0.15) is 0 Å². The summed E-state index contributed by atoms with van der Waals surface area (Å²) in [6.07, 6.45) is 1.73. The molecule has 21 heavy (non-hydrogen) atoms. The first-order chi connectivity index (χ1) is 10.2. The monoisotopic (exact) mass is 280 g/mol. The second-order valence-electron chi connectivity index (χ2n) is 4.94. The van der Waals surface area contributed by atoms with E-state index in [4.69, 9.17) is 10.2 Å². The molecule has 3 N–H and O–H groups in total. The van der Waals surface area contributed by atoms with Gasteiger partial charge in [0.25, 0.3) is 0 Å². The number of urea groups is 1. The summed E-state index contributed by atoms with van der Waals surface area (Å²) in [6.45, 7) is 0. The van der Waals surface area contributed by atoms with Crippen molar-refractivity contribution in [2.24, 2.45) is 5.73 Å². The summed E-state index contributed by atoms with van der Waals surface area (Å²) in [4.78, 5) is 10.7. The minimum absolute atomic E-state index is 0.551. The van der Waals surface area contributed by atoms with Gasteiger partial charge in [0.15, 0.2) is 0 Å². The topological polar surface area (TPSA) is 68.3 Å². The molecule has 106 valence electrons. The van der Waals surface area contributed by atoms with Gasteiger partial charge in [-0.15, -0.1) is 0 Å². The SMILES string of the molecule is NC(=O)Nc1ccc(CCc2cc3ccccc3o2)cc1. The quantitative estimate of drug-likeness (QED) is 0.765. The van der Waals surface area contributed by atoms with Crippen molar-refractivity contribution in [1.29, 1.82) is 0 Å². The van der Waals surface area contributed by atoms with Crippen LogP contribution in [0.1, 0.15) is 11.3 Å². The van der Waals surface area contributed by atoms with Crippen molar-refractivity contribution >= 4 is 22.7 Å². The Morgan fingerprint density at radius 1 is 1.05 bits per heavy atom. The van der Waals surface area contributed by atoms with Crippen LogP contribution < -0.4 is 11.1 Å². The highest BCUT2D eigenvalue weighted by atomic mass is 16.3. The number of nitrogens with two attached hydrogens (primary N) is 1. The molecular formula is C17H16N2O2. The fourth-order valence-electron chi connectivity index (χ4n) is 2.32. The van der Waals surface area contributed by atoms with Gasteiger partial charge in [0.2, 0.25) is 0 Å². The molecule has 2 aromatic carbocycles. The minimum Gasteiger partial charge on any atom is -0.461 e. The van der Waals surface area contributed by atoms with Gasteiger partial charge >= 0.3 is 6.03 Å². The molecule has 4 nitrogen and oxygen atoms in total. The summed E-state index contributed by atoms with van der Waals surface area (Å²) < 4.78 is 5.79. The fourth-order valence-corrected chi connectivity index (χ4v) is 2.32. The van der Waals surface area contributed by atoms with Gasteiger partial charge in [-0.3, -0.25) is 0 Å². The van der Waals surface area contributed by atoms with Crippen LogP contribution in [-0.2, 0) is 12.8 Å². The number of nitrogens with one attached hydrogen (secondary N) is 1. The summed E-state index contributed by atoms with van der Waals surface area (Å²) in [7, 11) is 0. The number of furan rings is 1. The fraction of sp³-hybridized carbons (Fsp3) is 0.118. The molecule has 0 atom stereocenters. The molecule has 3 rings (SSSR count). The molecule has 1 heterocycles. The highest BCUT2D eigenvalue weighted by Gasteiger charge is 2.04. The number of anilines is 1. The van der Waals surface area contributed by atoms with Crippen LogP contribution in [0.15, 0.2) is 59.0 Å². The highest BCUT2D eigenvalue weighted by Crippen LogP contribution is 2.20. The molecule has 0 fully saturated rings. The number of hydrogen-bond donors (Lipinski definition) is 2. The summed E-state index contributed by atoms with van der Waals surface area (Å²) in [5.74, 6) is 0.982. The van der Waals surface area contributed by atoms with E-state index in [2.05, 4.69) is 11.4 Å². The first kappa shape index (κ1) is 13.2. The van der Waals surface area contributed by atoms with Crippen molar-refractivity contribution < 1.29 is 9.21 Å². The summed E-state index contributed by atoms with van der Waals surface area (Å²) in [5, 5.41) is 3.68. The zero-order valence-electron chi connectivity index (χ0n) is 11.5. The van der Waals surface area contributed by atoms with E-state index in [-0.39, 0.29) is 0 Å². The number of fused-ring (bicyclic) bond motifs is 1.